The number of nitrogens with zero attached hydrogens (tertiary/aromatic N) is 1. The highest BCUT2D eigenvalue weighted by atomic mass is 35.5. The number of carbonyl (C=O) groups excluding carboxylic acids is 1. The lowest BCUT2D eigenvalue weighted by Crippen LogP contribution is -2.35. The lowest BCUT2D eigenvalue weighted by molar-refractivity contribution is -0.119. The average Bonchev–Trinajstić information content (AvgIpc) is 2.28. The Labute approximate surface area is 107 Å². The highest BCUT2D eigenvalue weighted by Crippen LogP contribution is 2.28. The van der Waals surface area contributed by atoms with E-state index >= 15 is 0 Å². The van der Waals surface area contributed by atoms with Crippen LogP contribution in [0.3, 0.4) is 0 Å². The molecule has 0 spiro atoms. The molecule has 0 atom stereocenters. The minimum atomic E-state index is -0.0297. The Hall–Kier alpha value is -1.26. The molecular formula is C12H18ClN3O. The van der Waals surface area contributed by atoms with Gasteiger partial charge in [-0.3, -0.25) is 4.79 Å². The highest BCUT2D eigenvalue weighted by molar-refractivity contribution is 6.33. The molecule has 1 aromatic rings. The van der Waals surface area contributed by atoms with Crippen LogP contribution in [0.4, 0.5) is 5.69 Å². The van der Waals surface area contributed by atoms with Gasteiger partial charge in [0.15, 0.2) is 0 Å². The summed E-state index contributed by atoms with van der Waals surface area (Å²) in [7, 11) is 1.83. The van der Waals surface area contributed by atoms with Gasteiger partial charge in [-0.2, -0.15) is 0 Å². The number of para-hydroxylation sites is 1. The van der Waals surface area contributed by atoms with Gasteiger partial charge in [-0.15, -0.1) is 0 Å². The van der Waals surface area contributed by atoms with Crippen molar-refractivity contribution in [2.45, 2.75) is 13.5 Å². The van der Waals surface area contributed by atoms with Crippen molar-refractivity contribution in [2.24, 2.45) is 5.73 Å². The highest BCUT2D eigenvalue weighted by Gasteiger charge is 2.13. The van der Waals surface area contributed by atoms with Gasteiger partial charge >= 0.3 is 0 Å². The van der Waals surface area contributed by atoms with Crippen LogP contribution in [-0.4, -0.2) is 26.0 Å². The molecule has 0 saturated carbocycles. The molecule has 4 nitrogen and oxygen atoms in total. The summed E-state index contributed by atoms with van der Waals surface area (Å²) < 4.78 is 0. The number of amides is 1. The summed E-state index contributed by atoms with van der Waals surface area (Å²) >= 11 is 6.13. The molecule has 3 N–H and O–H groups in total. The minimum Gasteiger partial charge on any atom is -0.364 e. The van der Waals surface area contributed by atoms with E-state index in [-0.39, 0.29) is 12.5 Å². The smallest absolute Gasteiger partial charge is 0.239 e. The van der Waals surface area contributed by atoms with E-state index in [1.54, 1.807) is 6.07 Å². The van der Waals surface area contributed by atoms with Crippen molar-refractivity contribution in [1.82, 2.24) is 5.32 Å². The second-order valence-electron chi connectivity index (χ2n) is 3.76. The first kappa shape index (κ1) is 13.8. The largest absolute Gasteiger partial charge is 0.364 e. The topological polar surface area (TPSA) is 58.4 Å². The van der Waals surface area contributed by atoms with E-state index in [2.05, 4.69) is 5.32 Å². The van der Waals surface area contributed by atoms with Crippen LogP contribution in [0.2, 0.25) is 5.02 Å². The van der Waals surface area contributed by atoms with Gasteiger partial charge in [-0.05, 0) is 18.6 Å². The van der Waals surface area contributed by atoms with Crippen molar-refractivity contribution in [3.8, 4) is 0 Å². The summed E-state index contributed by atoms with van der Waals surface area (Å²) in [5, 5.41) is 3.36. The first-order valence-corrected chi connectivity index (χ1v) is 5.93. The van der Waals surface area contributed by atoms with Crippen LogP contribution in [0.5, 0.6) is 0 Å². The van der Waals surface area contributed by atoms with E-state index in [0.717, 1.165) is 11.3 Å². The van der Waals surface area contributed by atoms with Crippen molar-refractivity contribution < 1.29 is 4.79 Å². The molecule has 0 unspecified atom stereocenters. The molecule has 0 saturated heterocycles. The van der Waals surface area contributed by atoms with Crippen LogP contribution in [0, 0.1) is 0 Å². The number of nitrogens with two attached hydrogens (primary N) is 1. The molecular weight excluding hydrogens is 238 g/mol. The molecule has 0 aliphatic carbocycles. The van der Waals surface area contributed by atoms with E-state index in [4.69, 9.17) is 17.3 Å². The van der Waals surface area contributed by atoms with Gasteiger partial charge in [0.2, 0.25) is 5.91 Å². The zero-order valence-corrected chi connectivity index (χ0v) is 10.9. The molecule has 0 heterocycles. The van der Waals surface area contributed by atoms with Crippen molar-refractivity contribution in [1.29, 1.82) is 0 Å². The first-order chi connectivity index (χ1) is 8.10. The number of carbonyl (C=O) groups is 1. The molecule has 17 heavy (non-hydrogen) atoms. The van der Waals surface area contributed by atoms with Gasteiger partial charge in [0.1, 0.15) is 0 Å². The Kier molecular flexibility index (Phi) is 5.25. The van der Waals surface area contributed by atoms with Crippen molar-refractivity contribution in [3.05, 3.63) is 28.8 Å². The summed E-state index contributed by atoms with van der Waals surface area (Å²) in [5.74, 6) is -0.0297. The lowest BCUT2D eigenvalue weighted by Gasteiger charge is -2.22. The summed E-state index contributed by atoms with van der Waals surface area (Å²) in [6, 6.07) is 5.56. The fourth-order valence-corrected chi connectivity index (χ4v) is 2.04. The maximum atomic E-state index is 11.5. The molecule has 5 heteroatoms. The van der Waals surface area contributed by atoms with E-state index in [1.807, 2.05) is 31.0 Å². The summed E-state index contributed by atoms with van der Waals surface area (Å²) in [6.45, 7) is 3.18. The predicted molar refractivity (Wildman–Crippen MR) is 71.3 cm³/mol. The SMILES string of the molecule is CCNC(=O)CN(C)c1c(Cl)cccc1CN. The lowest BCUT2D eigenvalue weighted by atomic mass is 10.1. The summed E-state index contributed by atoms with van der Waals surface area (Å²) in [4.78, 5) is 13.3. The molecule has 0 bridgehead atoms. The molecule has 1 amide bonds. The maximum Gasteiger partial charge on any atom is 0.239 e. The third-order valence-electron chi connectivity index (χ3n) is 2.43. The summed E-state index contributed by atoms with van der Waals surface area (Å²) in [6.07, 6.45) is 0. The standard InChI is InChI=1S/C12H18ClN3O/c1-3-15-11(17)8-16(2)12-9(7-14)5-4-6-10(12)13/h4-6H,3,7-8,14H2,1-2H3,(H,15,17). The van der Waals surface area contributed by atoms with E-state index < -0.39 is 0 Å². The van der Waals surface area contributed by atoms with Crippen LogP contribution >= 0.6 is 11.6 Å². The Morgan fingerprint density at radius 1 is 1.53 bits per heavy atom. The number of anilines is 1. The average molecular weight is 256 g/mol. The molecule has 94 valence electrons. The zero-order valence-electron chi connectivity index (χ0n) is 10.2. The number of hydrogen-bond donors (Lipinski definition) is 2. The molecule has 0 radical (unpaired) electrons. The van der Waals surface area contributed by atoms with Gasteiger partial charge in [0.05, 0.1) is 17.3 Å². The number of likely N-dealkylation sites (N-methyl/N-ethyl adjacent to an activating group) is 2. The Bertz CT molecular complexity index is 395. The van der Waals surface area contributed by atoms with Crippen molar-refractivity contribution in [3.63, 3.8) is 0 Å². The number of halogens is 1. The van der Waals surface area contributed by atoms with Crippen LogP contribution < -0.4 is 16.0 Å². The molecule has 0 fully saturated rings. The molecule has 0 aromatic heterocycles. The van der Waals surface area contributed by atoms with Gasteiger partial charge in [0.25, 0.3) is 0 Å². The fraction of sp³-hybridized carbons (Fsp3) is 0.417. The van der Waals surface area contributed by atoms with Crippen LogP contribution in [-0.2, 0) is 11.3 Å². The molecule has 0 aliphatic rings. The Morgan fingerprint density at radius 2 is 2.24 bits per heavy atom. The monoisotopic (exact) mass is 255 g/mol. The molecule has 1 rings (SSSR count). The first-order valence-electron chi connectivity index (χ1n) is 5.55. The van der Waals surface area contributed by atoms with Crippen LogP contribution in [0.1, 0.15) is 12.5 Å². The third kappa shape index (κ3) is 3.61. The van der Waals surface area contributed by atoms with E-state index in [9.17, 15) is 4.79 Å². The normalized spacial score (nSPS) is 10.1. The number of hydrogen-bond acceptors (Lipinski definition) is 3. The predicted octanol–water partition coefficient (Wildman–Crippen LogP) is 1.37. The fourth-order valence-electron chi connectivity index (χ4n) is 1.70. The second kappa shape index (κ2) is 6.47. The minimum absolute atomic E-state index is 0.0297. The van der Waals surface area contributed by atoms with Gasteiger partial charge < -0.3 is 16.0 Å². The van der Waals surface area contributed by atoms with E-state index in [1.165, 1.54) is 0 Å². The summed E-state index contributed by atoms with van der Waals surface area (Å²) in [5.41, 5.74) is 7.42. The van der Waals surface area contributed by atoms with Crippen molar-refractivity contribution in [2.75, 3.05) is 25.0 Å². The molecule has 0 aliphatic heterocycles. The Morgan fingerprint density at radius 3 is 2.82 bits per heavy atom. The third-order valence-corrected chi connectivity index (χ3v) is 2.73. The van der Waals surface area contributed by atoms with Crippen LogP contribution in [0.15, 0.2) is 18.2 Å². The second-order valence-corrected chi connectivity index (χ2v) is 4.17. The number of rotatable bonds is 5. The van der Waals surface area contributed by atoms with Crippen molar-refractivity contribution >= 4 is 23.2 Å². The van der Waals surface area contributed by atoms with Gasteiger partial charge in [-0.1, -0.05) is 23.7 Å². The molecule has 1 aromatic carbocycles. The number of nitrogens with one attached hydrogen (secondary N) is 1. The Balaban J connectivity index is 2.87. The van der Waals surface area contributed by atoms with E-state index in [0.29, 0.717) is 18.1 Å². The maximum absolute atomic E-state index is 11.5. The van der Waals surface area contributed by atoms with Crippen LogP contribution in [0.25, 0.3) is 0 Å². The van der Waals surface area contributed by atoms with Gasteiger partial charge in [-0.25, -0.2) is 0 Å². The quantitative estimate of drug-likeness (QED) is 0.836. The number of benzene rings is 1. The van der Waals surface area contributed by atoms with Gasteiger partial charge in [0, 0.05) is 20.1 Å². The zero-order chi connectivity index (χ0) is 12.8.